The number of benzene rings is 2. The van der Waals surface area contributed by atoms with Gasteiger partial charge in [0.15, 0.2) is 0 Å². The zero-order valence-electron chi connectivity index (χ0n) is 9.27. The van der Waals surface area contributed by atoms with E-state index in [1.165, 1.54) is 12.1 Å². The minimum Gasteiger partial charge on any atom is -0.456 e. The molecule has 0 spiro atoms. The molecule has 2 rings (SSSR count). The number of para-hydroxylation sites is 1. The van der Waals surface area contributed by atoms with E-state index in [1.807, 2.05) is 6.07 Å². The van der Waals surface area contributed by atoms with Crippen molar-refractivity contribution in [3.05, 3.63) is 59.4 Å². The molecule has 2 aromatic rings. The molecule has 0 fully saturated rings. The van der Waals surface area contributed by atoms with E-state index in [-0.39, 0.29) is 5.82 Å². The Morgan fingerprint density at radius 3 is 2.65 bits per heavy atom. The fourth-order valence-electron chi connectivity index (χ4n) is 1.46. The third-order valence-electron chi connectivity index (χ3n) is 2.36. The molecule has 0 bridgehead atoms. The van der Waals surface area contributed by atoms with E-state index in [4.69, 9.17) is 10.00 Å². The molecule has 0 atom stereocenters. The second kappa shape index (κ2) is 4.67. The summed E-state index contributed by atoms with van der Waals surface area (Å²) in [6, 6.07) is 13.5. The molecule has 0 unspecified atom stereocenters. The largest absolute Gasteiger partial charge is 0.456 e. The minimum absolute atomic E-state index is 0.272. The number of halogens is 1. The monoisotopic (exact) mass is 227 g/mol. The first-order valence-corrected chi connectivity index (χ1v) is 5.14. The van der Waals surface area contributed by atoms with Gasteiger partial charge < -0.3 is 4.74 Å². The van der Waals surface area contributed by atoms with Crippen LogP contribution in [0.2, 0.25) is 0 Å². The summed E-state index contributed by atoms with van der Waals surface area (Å²) in [5, 5.41) is 8.91. The Bertz CT molecular complexity index is 587. The van der Waals surface area contributed by atoms with Crippen LogP contribution in [0.15, 0.2) is 42.5 Å². The first-order valence-electron chi connectivity index (χ1n) is 5.14. The van der Waals surface area contributed by atoms with E-state index in [1.54, 1.807) is 37.3 Å². The van der Waals surface area contributed by atoms with Gasteiger partial charge in [0.1, 0.15) is 23.4 Å². The third kappa shape index (κ3) is 2.43. The van der Waals surface area contributed by atoms with Crippen molar-refractivity contribution < 1.29 is 9.13 Å². The molecular weight excluding hydrogens is 217 g/mol. The van der Waals surface area contributed by atoms with Gasteiger partial charge >= 0.3 is 0 Å². The maximum Gasteiger partial charge on any atom is 0.145 e. The van der Waals surface area contributed by atoms with Crippen molar-refractivity contribution in [2.45, 2.75) is 6.92 Å². The number of hydrogen-bond donors (Lipinski definition) is 0. The van der Waals surface area contributed by atoms with E-state index in [9.17, 15) is 4.39 Å². The van der Waals surface area contributed by atoms with Gasteiger partial charge in [0.05, 0.1) is 5.56 Å². The first kappa shape index (κ1) is 11.2. The molecule has 0 heterocycles. The summed E-state index contributed by atoms with van der Waals surface area (Å²) in [7, 11) is 0. The maximum atomic E-state index is 13.1. The molecule has 0 aliphatic heterocycles. The predicted octanol–water partition coefficient (Wildman–Crippen LogP) is 3.80. The third-order valence-corrected chi connectivity index (χ3v) is 2.36. The zero-order chi connectivity index (χ0) is 12.3. The number of nitrogens with zero attached hydrogens (tertiary/aromatic N) is 1. The quantitative estimate of drug-likeness (QED) is 0.781. The summed E-state index contributed by atoms with van der Waals surface area (Å²) < 4.78 is 18.6. The minimum atomic E-state index is -0.272. The van der Waals surface area contributed by atoms with Crippen LogP contribution in [0.4, 0.5) is 4.39 Å². The van der Waals surface area contributed by atoms with Gasteiger partial charge in [-0.05, 0) is 42.8 Å². The van der Waals surface area contributed by atoms with Crippen molar-refractivity contribution in [3.8, 4) is 17.6 Å². The Kier molecular flexibility index (Phi) is 3.06. The average Bonchev–Trinajstić information content (AvgIpc) is 2.34. The highest BCUT2D eigenvalue weighted by atomic mass is 19.1. The highest BCUT2D eigenvalue weighted by molar-refractivity contribution is 5.45. The van der Waals surface area contributed by atoms with Gasteiger partial charge in [-0.2, -0.15) is 5.26 Å². The Balaban J connectivity index is 2.32. The van der Waals surface area contributed by atoms with Crippen molar-refractivity contribution >= 4 is 0 Å². The fraction of sp³-hybridized carbons (Fsp3) is 0.0714. The summed E-state index contributed by atoms with van der Waals surface area (Å²) in [6.07, 6.45) is 0. The van der Waals surface area contributed by atoms with Crippen LogP contribution in [0.5, 0.6) is 11.5 Å². The summed E-state index contributed by atoms with van der Waals surface area (Å²) >= 11 is 0. The van der Waals surface area contributed by atoms with Gasteiger partial charge in [-0.25, -0.2) is 4.39 Å². The van der Waals surface area contributed by atoms with Crippen molar-refractivity contribution in [1.29, 1.82) is 5.26 Å². The van der Waals surface area contributed by atoms with E-state index in [0.717, 1.165) is 0 Å². The lowest BCUT2D eigenvalue weighted by Crippen LogP contribution is -1.89. The SMILES string of the molecule is Cc1cc(Oc2ccccc2C#N)ccc1F. The number of nitriles is 1. The molecule has 3 heteroatoms. The van der Waals surface area contributed by atoms with Crippen molar-refractivity contribution in [1.82, 2.24) is 0 Å². The zero-order valence-corrected chi connectivity index (χ0v) is 9.27. The molecule has 2 nitrogen and oxygen atoms in total. The second-order valence-corrected chi connectivity index (χ2v) is 3.62. The van der Waals surface area contributed by atoms with Gasteiger partial charge in [0.2, 0.25) is 0 Å². The predicted molar refractivity (Wildman–Crippen MR) is 62.4 cm³/mol. The lowest BCUT2D eigenvalue weighted by molar-refractivity contribution is 0.478. The Morgan fingerprint density at radius 2 is 1.94 bits per heavy atom. The van der Waals surface area contributed by atoms with Gasteiger partial charge in [-0.1, -0.05) is 12.1 Å². The van der Waals surface area contributed by atoms with Gasteiger partial charge in [-0.15, -0.1) is 0 Å². The topological polar surface area (TPSA) is 33.0 Å². The van der Waals surface area contributed by atoms with E-state index in [2.05, 4.69) is 0 Å². The maximum absolute atomic E-state index is 13.1. The molecular formula is C14H10FNO. The first-order chi connectivity index (χ1) is 8.20. The lowest BCUT2D eigenvalue weighted by atomic mass is 10.2. The van der Waals surface area contributed by atoms with Crippen LogP contribution >= 0.6 is 0 Å². The molecule has 0 aliphatic carbocycles. The molecule has 0 amide bonds. The second-order valence-electron chi connectivity index (χ2n) is 3.62. The molecule has 84 valence electrons. The van der Waals surface area contributed by atoms with E-state index < -0.39 is 0 Å². The lowest BCUT2D eigenvalue weighted by Gasteiger charge is -2.07. The van der Waals surface area contributed by atoms with Crippen LogP contribution in [0.25, 0.3) is 0 Å². The standard InChI is InChI=1S/C14H10FNO/c1-10-8-12(6-7-13(10)15)17-14-5-3-2-4-11(14)9-16/h2-8H,1H3. The van der Waals surface area contributed by atoms with Crippen molar-refractivity contribution in [2.75, 3.05) is 0 Å². The van der Waals surface area contributed by atoms with Gasteiger partial charge in [-0.3, -0.25) is 0 Å². The highest BCUT2D eigenvalue weighted by Crippen LogP contribution is 2.25. The molecule has 17 heavy (non-hydrogen) atoms. The summed E-state index contributed by atoms with van der Waals surface area (Å²) in [5.74, 6) is 0.721. The van der Waals surface area contributed by atoms with Crippen LogP contribution < -0.4 is 4.74 Å². The van der Waals surface area contributed by atoms with Crippen LogP contribution in [-0.2, 0) is 0 Å². The van der Waals surface area contributed by atoms with Crippen molar-refractivity contribution in [3.63, 3.8) is 0 Å². The summed E-state index contributed by atoms with van der Waals surface area (Å²) in [6.45, 7) is 1.67. The number of aryl methyl sites for hydroxylation is 1. The molecule has 0 saturated carbocycles. The molecule has 0 saturated heterocycles. The molecule has 0 aliphatic rings. The smallest absolute Gasteiger partial charge is 0.145 e. The molecule has 2 aromatic carbocycles. The van der Waals surface area contributed by atoms with E-state index >= 15 is 0 Å². The van der Waals surface area contributed by atoms with Crippen molar-refractivity contribution in [2.24, 2.45) is 0 Å². The number of hydrogen-bond acceptors (Lipinski definition) is 2. The van der Waals surface area contributed by atoms with E-state index in [0.29, 0.717) is 22.6 Å². The molecule has 0 radical (unpaired) electrons. The summed E-state index contributed by atoms with van der Waals surface area (Å²) in [4.78, 5) is 0. The number of rotatable bonds is 2. The average molecular weight is 227 g/mol. The molecule has 0 N–H and O–H groups in total. The normalized spacial score (nSPS) is 9.71. The Hall–Kier alpha value is -2.34. The Labute approximate surface area is 98.9 Å². The molecule has 0 aromatic heterocycles. The summed E-state index contributed by atoms with van der Waals surface area (Å²) in [5.41, 5.74) is 0.964. The fourth-order valence-corrected chi connectivity index (χ4v) is 1.46. The van der Waals surface area contributed by atoms with Crippen LogP contribution in [-0.4, -0.2) is 0 Å². The van der Waals surface area contributed by atoms with Crippen LogP contribution in [0, 0.1) is 24.1 Å². The number of ether oxygens (including phenoxy) is 1. The van der Waals surface area contributed by atoms with Gasteiger partial charge in [0, 0.05) is 0 Å². The van der Waals surface area contributed by atoms with Gasteiger partial charge in [0.25, 0.3) is 0 Å². The highest BCUT2D eigenvalue weighted by Gasteiger charge is 2.05. The van der Waals surface area contributed by atoms with Crippen LogP contribution in [0.1, 0.15) is 11.1 Å². The Morgan fingerprint density at radius 1 is 1.18 bits per heavy atom. The van der Waals surface area contributed by atoms with Crippen LogP contribution in [0.3, 0.4) is 0 Å².